The summed E-state index contributed by atoms with van der Waals surface area (Å²) in [7, 11) is -2.33. The minimum atomic E-state index is -3.90. The number of carbonyl (C=O) groups excluding carboxylic acids is 1. The quantitative estimate of drug-likeness (QED) is 0.861. The van der Waals surface area contributed by atoms with E-state index in [-0.39, 0.29) is 22.6 Å². The van der Waals surface area contributed by atoms with Crippen LogP contribution in [0.2, 0.25) is 5.15 Å². The lowest BCUT2D eigenvalue weighted by atomic mass is 10.2. The molecule has 1 fully saturated rings. The summed E-state index contributed by atoms with van der Waals surface area (Å²) in [4.78, 5) is 11.2. The van der Waals surface area contributed by atoms with E-state index in [9.17, 15) is 13.2 Å². The van der Waals surface area contributed by atoms with Gasteiger partial charge < -0.3 is 5.73 Å². The third-order valence-electron chi connectivity index (χ3n) is 3.71. The van der Waals surface area contributed by atoms with Gasteiger partial charge in [0, 0.05) is 13.1 Å². The van der Waals surface area contributed by atoms with Gasteiger partial charge in [-0.1, -0.05) is 24.4 Å². The number of sulfonamides is 1. The maximum absolute atomic E-state index is 12.9. The molecule has 0 atom stereocenters. The molecule has 0 aliphatic heterocycles. The summed E-state index contributed by atoms with van der Waals surface area (Å²) in [5, 5.41) is 4.07. The Morgan fingerprint density at radius 1 is 1.48 bits per heavy atom. The molecule has 0 aromatic carbocycles. The van der Waals surface area contributed by atoms with Crippen LogP contribution in [0.5, 0.6) is 0 Å². The maximum atomic E-state index is 12.9. The monoisotopic (exact) mass is 334 g/mol. The van der Waals surface area contributed by atoms with Gasteiger partial charge in [0.2, 0.25) is 15.9 Å². The molecule has 0 radical (unpaired) electrons. The van der Waals surface area contributed by atoms with Crippen molar-refractivity contribution in [2.24, 2.45) is 12.8 Å². The molecule has 21 heavy (non-hydrogen) atoms. The molecule has 1 aliphatic rings. The summed E-state index contributed by atoms with van der Waals surface area (Å²) in [6, 6.07) is -0.210. The van der Waals surface area contributed by atoms with E-state index in [0.717, 1.165) is 25.7 Å². The van der Waals surface area contributed by atoms with Gasteiger partial charge in [0.25, 0.3) is 0 Å². The predicted octanol–water partition coefficient (Wildman–Crippen LogP) is 0.801. The molecule has 1 aromatic heterocycles. The van der Waals surface area contributed by atoms with Crippen molar-refractivity contribution in [2.45, 2.75) is 43.5 Å². The molecule has 1 aliphatic carbocycles. The van der Waals surface area contributed by atoms with E-state index < -0.39 is 15.9 Å². The van der Waals surface area contributed by atoms with Gasteiger partial charge in [0.05, 0.1) is 12.2 Å². The summed E-state index contributed by atoms with van der Waals surface area (Å²) in [6.07, 6.45) is 3.33. The number of nitrogens with zero attached hydrogens (tertiary/aromatic N) is 3. The molecule has 7 nitrogen and oxygen atoms in total. The first kappa shape index (κ1) is 16.3. The van der Waals surface area contributed by atoms with E-state index in [2.05, 4.69) is 5.10 Å². The van der Waals surface area contributed by atoms with Crippen molar-refractivity contribution in [3.63, 3.8) is 0 Å². The second kappa shape index (κ2) is 5.94. The second-order valence-corrected chi connectivity index (χ2v) is 7.47. The maximum Gasteiger partial charge on any atom is 0.248 e. The van der Waals surface area contributed by atoms with Gasteiger partial charge in [-0.3, -0.25) is 9.48 Å². The van der Waals surface area contributed by atoms with Crippen LogP contribution in [0.3, 0.4) is 0 Å². The Morgan fingerprint density at radius 3 is 2.48 bits per heavy atom. The number of aryl methyl sites for hydroxylation is 2. The molecule has 2 rings (SSSR count). The lowest BCUT2D eigenvalue weighted by Crippen LogP contribution is -2.44. The number of primary amides is 1. The Hall–Kier alpha value is -1.12. The zero-order chi connectivity index (χ0) is 15.8. The Balaban J connectivity index is 2.48. The van der Waals surface area contributed by atoms with Crippen LogP contribution in [0.1, 0.15) is 31.4 Å². The van der Waals surface area contributed by atoms with Crippen molar-refractivity contribution in [2.75, 3.05) is 6.54 Å². The van der Waals surface area contributed by atoms with E-state index >= 15 is 0 Å². The summed E-state index contributed by atoms with van der Waals surface area (Å²) < 4.78 is 28.3. The van der Waals surface area contributed by atoms with E-state index in [1.165, 1.54) is 8.99 Å². The number of carbonyl (C=O) groups is 1. The topological polar surface area (TPSA) is 98.3 Å². The van der Waals surface area contributed by atoms with Gasteiger partial charge in [-0.15, -0.1) is 0 Å². The van der Waals surface area contributed by atoms with Crippen molar-refractivity contribution in [1.82, 2.24) is 14.1 Å². The molecule has 9 heteroatoms. The molecule has 0 unspecified atom stereocenters. The average molecular weight is 335 g/mol. The van der Waals surface area contributed by atoms with Crippen LogP contribution in [0.4, 0.5) is 0 Å². The highest BCUT2D eigenvalue weighted by atomic mass is 35.5. The highest BCUT2D eigenvalue weighted by molar-refractivity contribution is 7.89. The molecule has 0 saturated heterocycles. The Kier molecular flexibility index (Phi) is 4.60. The van der Waals surface area contributed by atoms with Gasteiger partial charge in [-0.25, -0.2) is 8.42 Å². The van der Waals surface area contributed by atoms with Crippen LogP contribution >= 0.6 is 11.6 Å². The van der Waals surface area contributed by atoms with Crippen molar-refractivity contribution >= 4 is 27.5 Å². The second-order valence-electron chi connectivity index (χ2n) is 5.28. The highest BCUT2D eigenvalue weighted by Crippen LogP contribution is 2.32. The standard InChI is InChI=1S/C12H19ClN4O3S/c1-8-11(12(13)16(2)15-8)21(19,20)17(7-10(14)18)9-5-3-4-6-9/h9H,3-7H2,1-2H3,(H2,14,18). The first-order valence-electron chi connectivity index (χ1n) is 6.74. The number of amides is 1. The largest absolute Gasteiger partial charge is 0.369 e. The molecule has 1 saturated carbocycles. The number of nitrogens with two attached hydrogens (primary N) is 1. The minimum Gasteiger partial charge on any atom is -0.369 e. The van der Waals surface area contributed by atoms with Gasteiger partial charge in [-0.05, 0) is 19.8 Å². The average Bonchev–Trinajstić information content (AvgIpc) is 2.95. The highest BCUT2D eigenvalue weighted by Gasteiger charge is 2.37. The van der Waals surface area contributed by atoms with Gasteiger partial charge in [0.1, 0.15) is 10.0 Å². The zero-order valence-electron chi connectivity index (χ0n) is 12.0. The Morgan fingerprint density at radius 2 is 2.05 bits per heavy atom. The van der Waals surface area contributed by atoms with Crippen LogP contribution in [0, 0.1) is 6.92 Å². The van der Waals surface area contributed by atoms with Crippen LogP contribution < -0.4 is 5.73 Å². The fourth-order valence-corrected chi connectivity index (χ4v) is 5.14. The smallest absolute Gasteiger partial charge is 0.248 e. The number of halogens is 1. The van der Waals surface area contributed by atoms with Crippen LogP contribution in [-0.4, -0.2) is 41.0 Å². The van der Waals surface area contributed by atoms with E-state index in [0.29, 0.717) is 5.69 Å². The van der Waals surface area contributed by atoms with Crippen molar-refractivity contribution in [3.05, 3.63) is 10.8 Å². The molecule has 0 spiro atoms. The van der Waals surface area contributed by atoms with Crippen molar-refractivity contribution < 1.29 is 13.2 Å². The molecule has 1 heterocycles. The van der Waals surface area contributed by atoms with E-state index in [4.69, 9.17) is 17.3 Å². The predicted molar refractivity (Wildman–Crippen MR) is 78.3 cm³/mol. The fraction of sp³-hybridized carbons (Fsp3) is 0.667. The molecule has 2 N–H and O–H groups in total. The SMILES string of the molecule is Cc1nn(C)c(Cl)c1S(=O)(=O)N(CC(N)=O)C1CCCC1. The minimum absolute atomic E-state index is 0.0416. The molecule has 1 aromatic rings. The molecule has 1 amide bonds. The van der Waals surface area contributed by atoms with Crippen molar-refractivity contribution in [3.8, 4) is 0 Å². The first-order valence-corrected chi connectivity index (χ1v) is 8.56. The summed E-state index contributed by atoms with van der Waals surface area (Å²) in [6.45, 7) is 1.24. The van der Waals surface area contributed by atoms with Gasteiger partial charge in [0.15, 0.2) is 0 Å². The Labute approximate surface area is 129 Å². The van der Waals surface area contributed by atoms with Crippen LogP contribution in [0.25, 0.3) is 0 Å². The number of hydrogen-bond acceptors (Lipinski definition) is 4. The third-order valence-corrected chi connectivity index (χ3v) is 6.31. The Bertz CT molecular complexity index is 650. The van der Waals surface area contributed by atoms with E-state index in [1.54, 1.807) is 14.0 Å². The lowest BCUT2D eigenvalue weighted by Gasteiger charge is -2.26. The zero-order valence-corrected chi connectivity index (χ0v) is 13.6. The molecule has 118 valence electrons. The number of rotatable bonds is 5. The van der Waals surface area contributed by atoms with Gasteiger partial charge >= 0.3 is 0 Å². The van der Waals surface area contributed by atoms with Gasteiger partial charge in [-0.2, -0.15) is 9.40 Å². The summed E-state index contributed by atoms with van der Waals surface area (Å²) in [5.74, 6) is -0.678. The third kappa shape index (κ3) is 3.07. The van der Waals surface area contributed by atoms with Crippen LogP contribution in [0.15, 0.2) is 4.90 Å². The summed E-state index contributed by atoms with van der Waals surface area (Å²) in [5.41, 5.74) is 5.53. The number of aromatic nitrogens is 2. The normalized spacial score (nSPS) is 16.8. The van der Waals surface area contributed by atoms with E-state index in [1.807, 2.05) is 0 Å². The number of hydrogen-bond donors (Lipinski definition) is 1. The first-order chi connectivity index (χ1) is 9.75. The van der Waals surface area contributed by atoms with Crippen molar-refractivity contribution in [1.29, 1.82) is 0 Å². The molecular formula is C12H19ClN4O3S. The molecule has 0 bridgehead atoms. The summed E-state index contributed by atoms with van der Waals surface area (Å²) >= 11 is 6.06. The fourth-order valence-electron chi connectivity index (χ4n) is 2.78. The van der Waals surface area contributed by atoms with Crippen LogP contribution in [-0.2, 0) is 21.9 Å². The lowest BCUT2D eigenvalue weighted by molar-refractivity contribution is -0.118. The molecular weight excluding hydrogens is 316 g/mol.